The molecule has 0 saturated heterocycles. The van der Waals surface area contributed by atoms with Crippen LogP contribution in [0.15, 0.2) is 42.0 Å². The summed E-state index contributed by atoms with van der Waals surface area (Å²) in [6, 6.07) is 6.49. The van der Waals surface area contributed by atoms with Gasteiger partial charge >= 0.3 is 11.9 Å². The van der Waals surface area contributed by atoms with Crippen molar-refractivity contribution in [1.82, 2.24) is 0 Å². The van der Waals surface area contributed by atoms with E-state index >= 15 is 0 Å². The normalized spacial score (nSPS) is 46.7. The average Bonchev–Trinajstić information content (AvgIpc) is 3.00. The lowest BCUT2D eigenvalue weighted by molar-refractivity contribution is -0.249. The van der Waals surface area contributed by atoms with Gasteiger partial charge in [0.25, 0.3) is 0 Å². The highest BCUT2D eigenvalue weighted by Crippen LogP contribution is 2.75. The number of phenols is 1. The SMILES string of the molecule is C[C@H]1[C@H](C)CC[C@]2(C(=O)O)CC[C@]3(C)C(=CC[C@@H]4[C@@]5(C)C[C@@H](O)[C@H](OC(=O)C=Cc6ccc(O)cc6)[C@@](C)(CO)[C@@H]5CC[C@]43C)[C@H]12. The van der Waals surface area contributed by atoms with E-state index in [-0.39, 0.29) is 46.4 Å². The maximum absolute atomic E-state index is 13.1. The molecular weight excluding hydrogens is 580 g/mol. The van der Waals surface area contributed by atoms with Crippen LogP contribution in [-0.4, -0.2) is 51.2 Å². The number of carboxylic acids is 1. The van der Waals surface area contributed by atoms with Gasteiger partial charge in [0.1, 0.15) is 11.9 Å². The third kappa shape index (κ3) is 4.57. The third-order valence-electron chi connectivity index (χ3n) is 15.0. The number of esters is 1. The highest BCUT2D eigenvalue weighted by molar-refractivity contribution is 5.87. The number of hydrogen-bond acceptors (Lipinski definition) is 6. The fraction of sp³-hybridized carbons (Fsp3) is 0.692. The van der Waals surface area contributed by atoms with Gasteiger partial charge in [0, 0.05) is 11.5 Å². The minimum atomic E-state index is -0.935. The number of hydrogen-bond donors (Lipinski definition) is 4. The number of rotatable bonds is 5. The fourth-order valence-electron chi connectivity index (χ4n) is 12.1. The molecule has 0 aliphatic heterocycles. The number of aliphatic hydroxyl groups is 2. The van der Waals surface area contributed by atoms with Crippen molar-refractivity contribution in [2.45, 2.75) is 105 Å². The second-order valence-electron chi connectivity index (χ2n) is 16.8. The zero-order chi connectivity index (χ0) is 33.4. The first-order valence-corrected chi connectivity index (χ1v) is 17.5. The van der Waals surface area contributed by atoms with Crippen molar-refractivity contribution in [3.05, 3.63) is 47.6 Å². The number of allylic oxidation sites excluding steroid dienone is 2. The lowest BCUT2D eigenvalue weighted by Crippen LogP contribution is -2.68. The van der Waals surface area contributed by atoms with E-state index < -0.39 is 35.0 Å². The Kier molecular flexibility index (Phi) is 8.12. The number of aromatic hydroxyl groups is 1. The van der Waals surface area contributed by atoms with Gasteiger partial charge in [0.15, 0.2) is 0 Å². The summed E-state index contributed by atoms with van der Waals surface area (Å²) >= 11 is 0. The van der Waals surface area contributed by atoms with Gasteiger partial charge < -0.3 is 25.2 Å². The monoisotopic (exact) mass is 634 g/mol. The van der Waals surface area contributed by atoms with Crippen LogP contribution in [0.2, 0.25) is 0 Å². The van der Waals surface area contributed by atoms with Crippen molar-refractivity contribution in [2.75, 3.05) is 6.61 Å². The van der Waals surface area contributed by atoms with E-state index in [9.17, 15) is 30.0 Å². The first-order chi connectivity index (χ1) is 21.6. The number of fused-ring (bicyclic) bond motifs is 7. The Labute approximate surface area is 274 Å². The van der Waals surface area contributed by atoms with Crippen LogP contribution in [0.1, 0.15) is 98.5 Å². The van der Waals surface area contributed by atoms with Gasteiger partial charge in [-0.15, -0.1) is 0 Å². The van der Waals surface area contributed by atoms with Crippen molar-refractivity contribution in [3.63, 3.8) is 0 Å². The molecule has 5 aliphatic carbocycles. The molecule has 0 aromatic heterocycles. The highest BCUT2D eigenvalue weighted by atomic mass is 16.6. The molecule has 4 N–H and O–H groups in total. The molecule has 7 heteroatoms. The number of aliphatic carboxylic acids is 1. The van der Waals surface area contributed by atoms with Crippen molar-refractivity contribution in [2.24, 2.45) is 56.7 Å². The molecule has 4 saturated carbocycles. The van der Waals surface area contributed by atoms with E-state index in [1.54, 1.807) is 30.3 Å². The minimum absolute atomic E-state index is 0.0271. The standard InChI is InChI=1S/C39H54O7/c1-23-15-18-39(34(44)45)20-19-37(5)27(32(39)24(23)2)12-13-30-35(3)21-28(42)33(36(4,22-40)29(35)16-17-38(30,37)6)46-31(43)14-9-25-7-10-26(41)11-8-25/h7-12,14,23-24,28-30,32-33,40-42H,13,15-22H2,1-6H3,(H,44,45)/t23-,24+,28-,29-,30-,32+,33+,35+,36+,37-,38-,39+/m1/s1. The van der Waals surface area contributed by atoms with E-state index in [1.807, 2.05) is 6.92 Å². The quantitative estimate of drug-likeness (QED) is 0.156. The topological polar surface area (TPSA) is 124 Å². The third-order valence-corrected chi connectivity index (χ3v) is 15.0. The second-order valence-corrected chi connectivity index (χ2v) is 16.8. The second kappa shape index (κ2) is 11.2. The molecule has 1 aromatic rings. The van der Waals surface area contributed by atoms with E-state index in [0.717, 1.165) is 44.1 Å². The fourth-order valence-corrected chi connectivity index (χ4v) is 12.1. The molecule has 6 rings (SSSR count). The molecular formula is C39H54O7. The summed E-state index contributed by atoms with van der Waals surface area (Å²) < 4.78 is 5.98. The van der Waals surface area contributed by atoms with Gasteiger partial charge in [-0.1, -0.05) is 65.3 Å². The summed E-state index contributed by atoms with van der Waals surface area (Å²) in [5, 5.41) is 43.0. The van der Waals surface area contributed by atoms with Crippen molar-refractivity contribution < 1.29 is 34.8 Å². The summed E-state index contributed by atoms with van der Waals surface area (Å²) in [6.07, 6.45) is 9.93. The average molecular weight is 635 g/mol. The predicted molar refractivity (Wildman–Crippen MR) is 176 cm³/mol. The van der Waals surface area contributed by atoms with Crippen molar-refractivity contribution in [1.29, 1.82) is 0 Å². The van der Waals surface area contributed by atoms with E-state index in [1.165, 1.54) is 11.6 Å². The van der Waals surface area contributed by atoms with Gasteiger partial charge in [-0.05, 0) is 121 Å². The zero-order valence-corrected chi connectivity index (χ0v) is 28.5. The van der Waals surface area contributed by atoms with Crippen molar-refractivity contribution >= 4 is 18.0 Å². The van der Waals surface area contributed by atoms with Crippen LogP contribution >= 0.6 is 0 Å². The Morgan fingerprint density at radius 1 is 0.978 bits per heavy atom. The van der Waals surface area contributed by atoms with Crippen LogP contribution < -0.4 is 0 Å². The molecule has 0 bridgehead atoms. The number of carbonyl (C=O) groups excluding carboxylic acids is 1. The predicted octanol–water partition coefficient (Wildman–Crippen LogP) is 7.00. The Hall–Kier alpha value is -2.64. The number of aliphatic hydroxyl groups excluding tert-OH is 2. The Morgan fingerprint density at radius 2 is 1.67 bits per heavy atom. The lowest BCUT2D eigenvalue weighted by atomic mass is 9.33. The van der Waals surface area contributed by atoms with Gasteiger partial charge in [-0.3, -0.25) is 4.79 Å². The van der Waals surface area contributed by atoms with E-state index in [2.05, 4.69) is 40.7 Å². The molecule has 5 aliphatic rings. The lowest BCUT2D eigenvalue weighted by Gasteiger charge is -2.71. The van der Waals surface area contributed by atoms with E-state index in [4.69, 9.17) is 4.74 Å². The van der Waals surface area contributed by atoms with Gasteiger partial charge in [-0.2, -0.15) is 0 Å². The minimum Gasteiger partial charge on any atom is -0.508 e. The van der Waals surface area contributed by atoms with Crippen LogP contribution in [0.4, 0.5) is 0 Å². The molecule has 0 unspecified atom stereocenters. The largest absolute Gasteiger partial charge is 0.508 e. The molecule has 252 valence electrons. The molecule has 7 nitrogen and oxygen atoms in total. The molecule has 12 atom stereocenters. The van der Waals surface area contributed by atoms with Crippen molar-refractivity contribution in [3.8, 4) is 5.75 Å². The Bertz CT molecular complexity index is 1430. The number of carbonyl (C=O) groups is 2. The van der Waals surface area contributed by atoms with Crippen LogP contribution in [-0.2, 0) is 14.3 Å². The molecule has 1 aromatic carbocycles. The maximum atomic E-state index is 13.1. The Balaban J connectivity index is 1.32. The highest BCUT2D eigenvalue weighted by Gasteiger charge is 2.71. The van der Waals surface area contributed by atoms with Gasteiger partial charge in [-0.25, -0.2) is 4.79 Å². The smallest absolute Gasteiger partial charge is 0.331 e. The van der Waals surface area contributed by atoms with Crippen LogP contribution in [0.5, 0.6) is 5.75 Å². The summed E-state index contributed by atoms with van der Waals surface area (Å²) in [5.74, 6) is 0.0165. The first-order valence-electron chi connectivity index (χ1n) is 17.5. The molecule has 0 radical (unpaired) electrons. The maximum Gasteiger partial charge on any atom is 0.331 e. The Morgan fingerprint density at radius 3 is 2.33 bits per heavy atom. The molecule has 0 heterocycles. The molecule has 4 fully saturated rings. The summed E-state index contributed by atoms with van der Waals surface area (Å²) in [5.41, 5.74) is 0.0232. The number of carboxylic acid groups (broad SMARTS) is 1. The molecule has 0 spiro atoms. The zero-order valence-electron chi connectivity index (χ0n) is 28.5. The summed E-state index contributed by atoms with van der Waals surface area (Å²) in [7, 11) is 0. The van der Waals surface area contributed by atoms with Crippen LogP contribution in [0.25, 0.3) is 6.08 Å². The van der Waals surface area contributed by atoms with Crippen LogP contribution in [0.3, 0.4) is 0 Å². The summed E-state index contributed by atoms with van der Waals surface area (Å²) in [6.45, 7) is 13.5. The number of benzene rings is 1. The number of ether oxygens (including phenoxy) is 1. The first kappa shape index (κ1) is 33.3. The molecule has 46 heavy (non-hydrogen) atoms. The number of phenolic OH excluding ortho intramolecular Hbond substituents is 1. The van der Waals surface area contributed by atoms with E-state index in [0.29, 0.717) is 24.7 Å². The van der Waals surface area contributed by atoms with Gasteiger partial charge in [0.05, 0.1) is 18.1 Å². The summed E-state index contributed by atoms with van der Waals surface area (Å²) in [4.78, 5) is 26.0. The van der Waals surface area contributed by atoms with Gasteiger partial charge in [0.2, 0.25) is 0 Å². The molecule has 0 amide bonds. The van der Waals surface area contributed by atoms with Crippen LogP contribution in [0, 0.1) is 56.7 Å².